The summed E-state index contributed by atoms with van der Waals surface area (Å²) in [4.78, 5) is 19.9. The number of rotatable bonds is 4. The predicted molar refractivity (Wildman–Crippen MR) is 68.5 cm³/mol. The Labute approximate surface area is 107 Å². The van der Waals surface area contributed by atoms with E-state index in [0.29, 0.717) is 12.1 Å². The number of pyridine rings is 1. The average molecular weight is 249 g/mol. The molecule has 1 amide bonds. The number of aromatic hydroxyl groups is 1. The van der Waals surface area contributed by atoms with Crippen LogP contribution in [-0.4, -0.2) is 59.0 Å². The van der Waals surface area contributed by atoms with Crippen LogP contribution in [-0.2, 0) is 0 Å². The van der Waals surface area contributed by atoms with Gasteiger partial charge in [-0.1, -0.05) is 0 Å². The summed E-state index contributed by atoms with van der Waals surface area (Å²) in [6, 6.07) is 1.55. The van der Waals surface area contributed by atoms with Crippen molar-refractivity contribution in [2.75, 3.05) is 33.2 Å². The summed E-state index contributed by atoms with van der Waals surface area (Å²) in [6.07, 6.45) is 5.31. The van der Waals surface area contributed by atoms with Crippen LogP contribution in [0.2, 0.25) is 0 Å². The monoisotopic (exact) mass is 249 g/mol. The van der Waals surface area contributed by atoms with E-state index >= 15 is 0 Å². The number of aromatic nitrogens is 1. The molecule has 98 valence electrons. The van der Waals surface area contributed by atoms with E-state index in [-0.39, 0.29) is 11.7 Å². The number of carbonyl (C=O) groups is 1. The highest BCUT2D eigenvalue weighted by atomic mass is 16.3. The quantitative estimate of drug-likeness (QED) is 0.863. The van der Waals surface area contributed by atoms with Crippen LogP contribution in [0, 0.1) is 0 Å². The molecule has 1 fully saturated rings. The molecule has 0 radical (unpaired) electrons. The van der Waals surface area contributed by atoms with E-state index in [9.17, 15) is 9.90 Å². The molecule has 0 saturated carbocycles. The summed E-state index contributed by atoms with van der Waals surface area (Å²) in [5, 5.41) is 9.59. The van der Waals surface area contributed by atoms with Crippen molar-refractivity contribution in [2.24, 2.45) is 0 Å². The summed E-state index contributed by atoms with van der Waals surface area (Å²) >= 11 is 0. The normalized spacial score (nSPS) is 15.8. The van der Waals surface area contributed by atoms with E-state index in [0.717, 1.165) is 19.6 Å². The number of hydrogen-bond acceptors (Lipinski definition) is 4. The van der Waals surface area contributed by atoms with Crippen LogP contribution in [0.3, 0.4) is 0 Å². The maximum Gasteiger partial charge on any atom is 0.257 e. The Bertz CT molecular complexity index is 416. The second-order valence-corrected chi connectivity index (χ2v) is 4.67. The van der Waals surface area contributed by atoms with Crippen molar-refractivity contribution in [1.82, 2.24) is 14.8 Å². The van der Waals surface area contributed by atoms with E-state index in [1.165, 1.54) is 25.2 Å². The standard InChI is InChI=1S/C13H19N3O2/c1-15(8-9-16-6-2-3-7-16)13(18)11-4-5-14-10-12(11)17/h4-5,10,17H,2-3,6-9H2,1H3. The molecule has 2 heterocycles. The Morgan fingerprint density at radius 1 is 1.50 bits per heavy atom. The second kappa shape index (κ2) is 5.82. The Balaban J connectivity index is 1.90. The number of nitrogens with zero attached hydrogens (tertiary/aromatic N) is 3. The van der Waals surface area contributed by atoms with E-state index < -0.39 is 0 Å². The SMILES string of the molecule is CN(CCN1CCCC1)C(=O)c1ccncc1O. The van der Waals surface area contributed by atoms with E-state index in [2.05, 4.69) is 9.88 Å². The first-order valence-corrected chi connectivity index (χ1v) is 6.29. The van der Waals surface area contributed by atoms with Gasteiger partial charge >= 0.3 is 0 Å². The van der Waals surface area contributed by atoms with Crippen molar-refractivity contribution < 1.29 is 9.90 Å². The number of carbonyl (C=O) groups excluding carboxylic acids is 1. The van der Waals surface area contributed by atoms with Gasteiger partial charge in [0.15, 0.2) is 0 Å². The highest BCUT2D eigenvalue weighted by Crippen LogP contribution is 2.16. The fourth-order valence-corrected chi connectivity index (χ4v) is 2.17. The topological polar surface area (TPSA) is 56.7 Å². The molecule has 2 rings (SSSR count). The van der Waals surface area contributed by atoms with Crippen LogP contribution in [0.5, 0.6) is 5.75 Å². The summed E-state index contributed by atoms with van der Waals surface area (Å²) in [6.45, 7) is 3.83. The van der Waals surface area contributed by atoms with Gasteiger partial charge in [0.1, 0.15) is 5.75 Å². The van der Waals surface area contributed by atoms with Gasteiger partial charge in [-0.3, -0.25) is 9.78 Å². The fraction of sp³-hybridized carbons (Fsp3) is 0.538. The van der Waals surface area contributed by atoms with Gasteiger partial charge in [0.05, 0.1) is 11.8 Å². The summed E-state index contributed by atoms with van der Waals surface area (Å²) < 4.78 is 0. The van der Waals surface area contributed by atoms with Gasteiger partial charge < -0.3 is 14.9 Å². The van der Waals surface area contributed by atoms with Crippen LogP contribution in [0.1, 0.15) is 23.2 Å². The van der Waals surface area contributed by atoms with E-state index in [4.69, 9.17) is 0 Å². The summed E-state index contributed by atoms with van der Waals surface area (Å²) in [5.41, 5.74) is 0.314. The third-order valence-corrected chi connectivity index (χ3v) is 3.33. The molecule has 1 aliphatic rings. The van der Waals surface area contributed by atoms with Gasteiger partial charge in [0, 0.05) is 26.3 Å². The van der Waals surface area contributed by atoms with Gasteiger partial charge in [-0.15, -0.1) is 0 Å². The molecule has 0 unspecified atom stereocenters. The van der Waals surface area contributed by atoms with Gasteiger partial charge in [-0.25, -0.2) is 0 Å². The summed E-state index contributed by atoms with van der Waals surface area (Å²) in [7, 11) is 1.76. The third-order valence-electron chi connectivity index (χ3n) is 3.33. The molecule has 18 heavy (non-hydrogen) atoms. The molecule has 0 bridgehead atoms. The molecule has 0 atom stereocenters. The minimum absolute atomic E-state index is 0.0597. The van der Waals surface area contributed by atoms with Gasteiger partial charge in [0.2, 0.25) is 0 Å². The van der Waals surface area contributed by atoms with Gasteiger partial charge in [0.25, 0.3) is 5.91 Å². The molecule has 0 aromatic carbocycles. The summed E-state index contributed by atoms with van der Waals surface area (Å²) in [5.74, 6) is -0.218. The van der Waals surface area contributed by atoms with Crippen LogP contribution >= 0.6 is 0 Å². The van der Waals surface area contributed by atoms with E-state index in [1.54, 1.807) is 18.0 Å². The minimum Gasteiger partial charge on any atom is -0.505 e. The van der Waals surface area contributed by atoms with Gasteiger partial charge in [-0.05, 0) is 32.0 Å². The molecule has 1 saturated heterocycles. The zero-order chi connectivity index (χ0) is 13.0. The van der Waals surface area contributed by atoms with Crippen LogP contribution in [0.15, 0.2) is 18.5 Å². The molecule has 1 aromatic rings. The predicted octanol–water partition coefficient (Wildman–Crippen LogP) is 0.955. The van der Waals surface area contributed by atoms with Crippen LogP contribution in [0.4, 0.5) is 0 Å². The molecule has 1 N–H and O–H groups in total. The first-order valence-electron chi connectivity index (χ1n) is 6.29. The maximum absolute atomic E-state index is 12.1. The smallest absolute Gasteiger partial charge is 0.257 e. The van der Waals surface area contributed by atoms with Crippen molar-refractivity contribution >= 4 is 5.91 Å². The molecule has 1 aliphatic heterocycles. The zero-order valence-electron chi connectivity index (χ0n) is 10.7. The van der Waals surface area contributed by atoms with Gasteiger partial charge in [-0.2, -0.15) is 0 Å². The molecule has 5 nitrogen and oxygen atoms in total. The van der Waals surface area contributed by atoms with Crippen LogP contribution in [0.25, 0.3) is 0 Å². The van der Waals surface area contributed by atoms with Crippen molar-refractivity contribution in [3.05, 3.63) is 24.0 Å². The Hall–Kier alpha value is -1.62. The molecule has 1 aromatic heterocycles. The number of amides is 1. The van der Waals surface area contributed by atoms with Crippen molar-refractivity contribution in [2.45, 2.75) is 12.8 Å². The lowest BCUT2D eigenvalue weighted by atomic mass is 10.2. The first-order chi connectivity index (χ1) is 8.68. The third kappa shape index (κ3) is 2.98. The zero-order valence-corrected chi connectivity index (χ0v) is 10.7. The van der Waals surface area contributed by atoms with Crippen molar-refractivity contribution in [3.8, 4) is 5.75 Å². The number of hydrogen-bond donors (Lipinski definition) is 1. The largest absolute Gasteiger partial charge is 0.505 e. The lowest BCUT2D eigenvalue weighted by molar-refractivity contribution is 0.0779. The Morgan fingerprint density at radius 3 is 2.89 bits per heavy atom. The van der Waals surface area contributed by atoms with Crippen molar-refractivity contribution in [3.63, 3.8) is 0 Å². The van der Waals surface area contributed by atoms with Crippen LogP contribution < -0.4 is 0 Å². The maximum atomic E-state index is 12.1. The fourth-order valence-electron chi connectivity index (χ4n) is 2.17. The molecular formula is C13H19N3O2. The molecule has 0 spiro atoms. The van der Waals surface area contributed by atoms with Crippen molar-refractivity contribution in [1.29, 1.82) is 0 Å². The second-order valence-electron chi connectivity index (χ2n) is 4.67. The lowest BCUT2D eigenvalue weighted by Gasteiger charge is -2.21. The first kappa shape index (κ1) is 12.8. The Kier molecular flexibility index (Phi) is 4.15. The highest BCUT2D eigenvalue weighted by molar-refractivity contribution is 5.96. The minimum atomic E-state index is -0.158. The Morgan fingerprint density at radius 2 is 2.22 bits per heavy atom. The molecule has 5 heteroatoms. The number of likely N-dealkylation sites (tertiary alicyclic amines) is 1. The highest BCUT2D eigenvalue weighted by Gasteiger charge is 2.17. The number of likely N-dealkylation sites (N-methyl/N-ethyl adjacent to an activating group) is 1. The lowest BCUT2D eigenvalue weighted by Crippen LogP contribution is -2.35. The molecule has 0 aliphatic carbocycles. The average Bonchev–Trinajstić information content (AvgIpc) is 2.89. The molecular weight excluding hydrogens is 230 g/mol. The van der Waals surface area contributed by atoms with E-state index in [1.807, 2.05) is 0 Å².